The van der Waals surface area contributed by atoms with Gasteiger partial charge in [-0.2, -0.15) is 0 Å². The van der Waals surface area contributed by atoms with E-state index in [4.69, 9.17) is 4.42 Å². The van der Waals surface area contributed by atoms with Crippen LogP contribution in [0.3, 0.4) is 0 Å². The minimum absolute atomic E-state index is 0.167. The molecule has 9 heteroatoms. The fraction of sp³-hybridized carbons (Fsp3) is 0.154. The van der Waals surface area contributed by atoms with E-state index in [0.717, 1.165) is 32.3 Å². The van der Waals surface area contributed by atoms with E-state index >= 15 is 0 Å². The Bertz CT molecular complexity index is 1710. The zero-order chi connectivity index (χ0) is 24.9. The van der Waals surface area contributed by atoms with Gasteiger partial charge < -0.3 is 9.73 Å². The number of aromatic nitrogens is 2. The topological polar surface area (TPSA) is 94.2 Å². The summed E-state index contributed by atoms with van der Waals surface area (Å²) in [7, 11) is 0. The van der Waals surface area contributed by atoms with Crippen LogP contribution in [0, 0.1) is 20.8 Å². The van der Waals surface area contributed by atoms with Crippen LogP contribution in [0.5, 0.6) is 0 Å². The number of benzene rings is 2. The summed E-state index contributed by atoms with van der Waals surface area (Å²) in [5, 5.41) is 4.05. The Kier molecular flexibility index (Phi) is 5.90. The Labute approximate surface area is 212 Å². The number of carbonyl (C=O) groups is 2. The highest BCUT2D eigenvalue weighted by Gasteiger charge is 2.21. The summed E-state index contributed by atoms with van der Waals surface area (Å²) in [6.07, 6.45) is 1.34. The predicted molar refractivity (Wildman–Crippen MR) is 141 cm³/mol. The predicted octanol–water partition coefficient (Wildman–Crippen LogP) is 6.03. The van der Waals surface area contributed by atoms with Crippen LogP contribution in [0.2, 0.25) is 0 Å². The number of nitrogens with one attached hydrogen (secondary N) is 1. The van der Waals surface area contributed by atoms with Crippen LogP contribution in [0.1, 0.15) is 36.9 Å². The lowest BCUT2D eigenvalue weighted by molar-refractivity contribution is 0.0945. The fourth-order valence-electron chi connectivity index (χ4n) is 4.01. The summed E-state index contributed by atoms with van der Waals surface area (Å²) in [6.45, 7) is 5.42. The highest BCUT2D eigenvalue weighted by molar-refractivity contribution is 9.10. The van der Waals surface area contributed by atoms with E-state index in [1.807, 2.05) is 44.2 Å². The summed E-state index contributed by atoms with van der Waals surface area (Å²) in [5.41, 5.74) is 3.53. The SMILES string of the molecule is Cc1ccc(NC(=O)c2sc3ncn(CC(=O)c4cc5cc(Br)ccc5o4)c(=O)c3c2C)c(C)c1. The van der Waals surface area contributed by atoms with Gasteiger partial charge in [-0.3, -0.25) is 19.0 Å². The molecule has 176 valence electrons. The first kappa shape index (κ1) is 23.2. The normalized spacial score (nSPS) is 11.3. The molecule has 0 radical (unpaired) electrons. The van der Waals surface area contributed by atoms with E-state index in [9.17, 15) is 14.4 Å². The number of nitrogens with zero attached hydrogens (tertiary/aromatic N) is 2. The van der Waals surface area contributed by atoms with Crippen molar-refractivity contribution in [3.05, 3.63) is 90.9 Å². The van der Waals surface area contributed by atoms with Gasteiger partial charge in [-0.05, 0) is 62.2 Å². The van der Waals surface area contributed by atoms with Crippen molar-refractivity contribution >= 4 is 65.8 Å². The molecule has 0 fully saturated rings. The summed E-state index contributed by atoms with van der Waals surface area (Å²) in [6, 6.07) is 12.9. The largest absolute Gasteiger partial charge is 0.453 e. The van der Waals surface area contributed by atoms with Crippen LogP contribution in [0.15, 0.2) is 62.5 Å². The molecule has 0 aliphatic rings. The minimum atomic E-state index is -0.374. The average molecular weight is 550 g/mol. The second-order valence-corrected chi connectivity index (χ2v) is 10.3. The van der Waals surface area contributed by atoms with Crippen molar-refractivity contribution < 1.29 is 14.0 Å². The van der Waals surface area contributed by atoms with Gasteiger partial charge >= 0.3 is 0 Å². The van der Waals surface area contributed by atoms with Crippen LogP contribution in [-0.2, 0) is 6.54 Å². The van der Waals surface area contributed by atoms with Crippen molar-refractivity contribution in [1.29, 1.82) is 0 Å². The first-order valence-electron chi connectivity index (χ1n) is 10.8. The molecule has 0 bridgehead atoms. The van der Waals surface area contributed by atoms with E-state index in [1.165, 1.54) is 10.9 Å². The molecule has 1 amide bonds. The monoisotopic (exact) mass is 549 g/mol. The first-order valence-corrected chi connectivity index (χ1v) is 12.4. The molecule has 3 aromatic heterocycles. The molecule has 0 aliphatic heterocycles. The molecule has 5 rings (SSSR count). The first-order chi connectivity index (χ1) is 16.7. The lowest BCUT2D eigenvalue weighted by atomic mass is 10.1. The molecule has 0 unspecified atom stereocenters. The summed E-state index contributed by atoms with van der Waals surface area (Å²) in [4.78, 5) is 44.3. The van der Waals surface area contributed by atoms with Crippen molar-refractivity contribution in [2.45, 2.75) is 27.3 Å². The number of amides is 1. The molecule has 0 spiro atoms. The number of carbonyl (C=O) groups excluding carboxylic acids is 2. The number of hydrogen-bond acceptors (Lipinski definition) is 6. The zero-order valence-corrected chi connectivity index (χ0v) is 21.5. The van der Waals surface area contributed by atoms with Crippen molar-refractivity contribution in [1.82, 2.24) is 9.55 Å². The number of furan rings is 1. The van der Waals surface area contributed by atoms with E-state index in [-0.39, 0.29) is 29.6 Å². The average Bonchev–Trinajstić information content (AvgIpc) is 3.38. The van der Waals surface area contributed by atoms with Gasteiger partial charge in [0.1, 0.15) is 10.4 Å². The van der Waals surface area contributed by atoms with E-state index < -0.39 is 0 Å². The molecule has 3 heterocycles. The number of rotatable bonds is 5. The van der Waals surface area contributed by atoms with Crippen molar-refractivity contribution in [2.24, 2.45) is 0 Å². The second-order valence-electron chi connectivity index (χ2n) is 8.40. The molecule has 0 atom stereocenters. The number of halogens is 1. The van der Waals surface area contributed by atoms with Gasteiger partial charge in [-0.25, -0.2) is 4.98 Å². The number of aryl methyl sites for hydroxylation is 3. The standard InChI is InChI=1S/C26H20BrN3O4S/c1-13-4-6-18(14(2)8-13)29-24(32)23-15(3)22-25(35-23)28-12-30(26(22)33)11-19(31)21-10-16-9-17(27)5-7-20(16)34-21/h4-10,12H,11H2,1-3H3,(H,29,32). The van der Waals surface area contributed by atoms with Crippen LogP contribution in [-0.4, -0.2) is 21.2 Å². The molecule has 5 aromatic rings. The zero-order valence-electron chi connectivity index (χ0n) is 19.1. The maximum absolute atomic E-state index is 13.2. The maximum atomic E-state index is 13.2. The summed E-state index contributed by atoms with van der Waals surface area (Å²) < 4.78 is 7.79. The van der Waals surface area contributed by atoms with Gasteiger partial charge in [0.05, 0.1) is 23.1 Å². The van der Waals surface area contributed by atoms with Crippen molar-refractivity contribution in [2.75, 3.05) is 5.32 Å². The number of anilines is 1. The van der Waals surface area contributed by atoms with Gasteiger partial charge in [-0.1, -0.05) is 33.6 Å². The van der Waals surface area contributed by atoms with E-state index in [2.05, 4.69) is 26.2 Å². The van der Waals surface area contributed by atoms with Gasteiger partial charge in [0.25, 0.3) is 11.5 Å². The molecule has 2 aromatic carbocycles. The summed E-state index contributed by atoms with van der Waals surface area (Å²) in [5.74, 6) is -0.477. The Balaban J connectivity index is 1.44. The van der Waals surface area contributed by atoms with Crippen LogP contribution in [0.4, 0.5) is 5.69 Å². The fourth-order valence-corrected chi connectivity index (χ4v) is 5.42. The van der Waals surface area contributed by atoms with Gasteiger partial charge in [0.2, 0.25) is 5.78 Å². The third-order valence-electron chi connectivity index (χ3n) is 5.82. The van der Waals surface area contributed by atoms with E-state index in [1.54, 1.807) is 19.1 Å². The molecule has 7 nitrogen and oxygen atoms in total. The lowest BCUT2D eigenvalue weighted by Gasteiger charge is -2.08. The number of thiophene rings is 1. The van der Waals surface area contributed by atoms with E-state index in [0.29, 0.717) is 31.9 Å². The molecular formula is C26H20BrN3O4S. The minimum Gasteiger partial charge on any atom is -0.453 e. The van der Waals surface area contributed by atoms with Gasteiger partial charge in [0.15, 0.2) is 5.76 Å². The van der Waals surface area contributed by atoms with Crippen LogP contribution < -0.4 is 10.9 Å². The molecule has 0 saturated carbocycles. The third kappa shape index (κ3) is 4.33. The molecule has 0 aliphatic carbocycles. The van der Waals surface area contributed by atoms with Crippen molar-refractivity contribution in [3.63, 3.8) is 0 Å². The third-order valence-corrected chi connectivity index (χ3v) is 7.51. The molecule has 35 heavy (non-hydrogen) atoms. The highest BCUT2D eigenvalue weighted by Crippen LogP contribution is 2.29. The Hall–Kier alpha value is -3.56. The number of fused-ring (bicyclic) bond motifs is 2. The molecule has 0 saturated heterocycles. The van der Waals surface area contributed by atoms with Gasteiger partial charge in [0, 0.05) is 15.5 Å². The summed E-state index contributed by atoms with van der Waals surface area (Å²) >= 11 is 4.56. The van der Waals surface area contributed by atoms with Crippen LogP contribution >= 0.6 is 27.3 Å². The number of Topliss-reactive ketones (excluding diaryl/α,β-unsaturated/α-hetero) is 1. The maximum Gasteiger partial charge on any atom is 0.266 e. The highest BCUT2D eigenvalue weighted by atomic mass is 79.9. The Morgan fingerprint density at radius 3 is 2.69 bits per heavy atom. The number of hydrogen-bond donors (Lipinski definition) is 1. The Morgan fingerprint density at radius 2 is 1.91 bits per heavy atom. The lowest BCUT2D eigenvalue weighted by Crippen LogP contribution is -2.24. The molecule has 1 N–H and O–H groups in total. The van der Waals surface area contributed by atoms with Gasteiger partial charge in [-0.15, -0.1) is 11.3 Å². The van der Waals surface area contributed by atoms with Crippen LogP contribution in [0.25, 0.3) is 21.2 Å². The second kappa shape index (κ2) is 8.90. The quantitative estimate of drug-likeness (QED) is 0.270. The molecular weight excluding hydrogens is 530 g/mol. The Morgan fingerprint density at radius 1 is 1.11 bits per heavy atom. The number of ketones is 1. The van der Waals surface area contributed by atoms with Crippen molar-refractivity contribution in [3.8, 4) is 0 Å². The smallest absolute Gasteiger partial charge is 0.266 e.